The number of amides is 1. The van der Waals surface area contributed by atoms with Crippen LogP contribution in [-0.2, 0) is 17.8 Å². The highest BCUT2D eigenvalue weighted by atomic mass is 16.7. The molecule has 2 aromatic rings. The molecule has 0 aromatic heterocycles. The zero-order valence-electron chi connectivity index (χ0n) is 13.9. The van der Waals surface area contributed by atoms with Gasteiger partial charge in [0, 0.05) is 13.0 Å². The third-order valence-corrected chi connectivity index (χ3v) is 4.03. The summed E-state index contributed by atoms with van der Waals surface area (Å²) in [5, 5.41) is 2.94. The maximum atomic E-state index is 12.0. The van der Waals surface area contributed by atoms with Crippen LogP contribution in [0.25, 0.3) is 0 Å². The van der Waals surface area contributed by atoms with Gasteiger partial charge >= 0.3 is 0 Å². The van der Waals surface area contributed by atoms with Crippen molar-refractivity contribution in [3.8, 4) is 17.2 Å². The molecule has 126 valence electrons. The average molecular weight is 327 g/mol. The van der Waals surface area contributed by atoms with Gasteiger partial charge in [0.1, 0.15) is 5.75 Å². The van der Waals surface area contributed by atoms with Crippen LogP contribution in [0.5, 0.6) is 17.2 Å². The SMILES string of the molecule is COc1ccc(CCC(=O)NCc2ccc3c(c2)OCO3)cc1C. The fourth-order valence-electron chi connectivity index (χ4n) is 2.69. The summed E-state index contributed by atoms with van der Waals surface area (Å²) in [5.74, 6) is 2.38. The summed E-state index contributed by atoms with van der Waals surface area (Å²) in [6, 6.07) is 11.7. The van der Waals surface area contributed by atoms with E-state index in [1.54, 1.807) is 7.11 Å². The second-order valence-electron chi connectivity index (χ2n) is 5.77. The van der Waals surface area contributed by atoms with E-state index < -0.39 is 0 Å². The highest BCUT2D eigenvalue weighted by molar-refractivity contribution is 5.76. The van der Waals surface area contributed by atoms with Crippen LogP contribution >= 0.6 is 0 Å². The van der Waals surface area contributed by atoms with Crippen LogP contribution < -0.4 is 19.5 Å². The summed E-state index contributed by atoms with van der Waals surface area (Å²) in [7, 11) is 1.66. The Morgan fingerprint density at radius 3 is 2.71 bits per heavy atom. The highest BCUT2D eigenvalue weighted by Crippen LogP contribution is 2.32. The van der Waals surface area contributed by atoms with E-state index in [4.69, 9.17) is 14.2 Å². The molecule has 0 fully saturated rings. The Balaban J connectivity index is 1.48. The van der Waals surface area contributed by atoms with Gasteiger partial charge in [0.15, 0.2) is 11.5 Å². The Bertz CT molecular complexity index is 742. The molecule has 3 rings (SSSR count). The number of nitrogens with one attached hydrogen (secondary N) is 1. The number of methoxy groups -OCH3 is 1. The first-order chi connectivity index (χ1) is 11.7. The number of rotatable bonds is 6. The van der Waals surface area contributed by atoms with Crippen LogP contribution in [0.15, 0.2) is 36.4 Å². The molecule has 24 heavy (non-hydrogen) atoms. The van der Waals surface area contributed by atoms with E-state index in [0.29, 0.717) is 19.4 Å². The molecule has 0 spiro atoms. The van der Waals surface area contributed by atoms with Crippen LogP contribution in [0.3, 0.4) is 0 Å². The minimum Gasteiger partial charge on any atom is -0.496 e. The van der Waals surface area contributed by atoms with Crippen molar-refractivity contribution in [2.75, 3.05) is 13.9 Å². The lowest BCUT2D eigenvalue weighted by atomic mass is 10.1. The van der Waals surface area contributed by atoms with E-state index >= 15 is 0 Å². The average Bonchev–Trinajstić information content (AvgIpc) is 3.06. The molecule has 5 nitrogen and oxygen atoms in total. The molecule has 0 unspecified atom stereocenters. The molecule has 0 aliphatic carbocycles. The smallest absolute Gasteiger partial charge is 0.231 e. The summed E-state index contributed by atoms with van der Waals surface area (Å²) in [4.78, 5) is 12.0. The summed E-state index contributed by atoms with van der Waals surface area (Å²) in [5.41, 5.74) is 3.20. The number of carbonyl (C=O) groups is 1. The first kappa shape index (κ1) is 16.2. The second-order valence-corrected chi connectivity index (χ2v) is 5.77. The van der Waals surface area contributed by atoms with Gasteiger partial charge in [0.25, 0.3) is 0 Å². The van der Waals surface area contributed by atoms with E-state index in [-0.39, 0.29) is 12.7 Å². The van der Waals surface area contributed by atoms with Crippen LogP contribution in [0, 0.1) is 6.92 Å². The van der Waals surface area contributed by atoms with Crippen molar-refractivity contribution in [1.82, 2.24) is 5.32 Å². The predicted molar refractivity (Wildman–Crippen MR) is 90.5 cm³/mol. The van der Waals surface area contributed by atoms with Gasteiger partial charge in [0.2, 0.25) is 12.7 Å². The molecule has 1 heterocycles. The van der Waals surface area contributed by atoms with Crippen LogP contribution in [0.4, 0.5) is 0 Å². The minimum atomic E-state index is 0.0288. The summed E-state index contributed by atoms with van der Waals surface area (Å²) in [6.45, 7) is 2.74. The van der Waals surface area contributed by atoms with E-state index in [1.165, 1.54) is 0 Å². The second kappa shape index (κ2) is 7.25. The maximum absolute atomic E-state index is 12.0. The number of benzene rings is 2. The van der Waals surface area contributed by atoms with Gasteiger partial charge in [-0.2, -0.15) is 0 Å². The molecule has 1 aliphatic heterocycles. The zero-order valence-corrected chi connectivity index (χ0v) is 13.9. The first-order valence-electron chi connectivity index (χ1n) is 7.94. The van der Waals surface area contributed by atoms with Gasteiger partial charge in [0.05, 0.1) is 7.11 Å². The summed E-state index contributed by atoms with van der Waals surface area (Å²) in [6.07, 6.45) is 1.16. The standard InChI is InChI=1S/C19H21NO4/c1-13-9-14(3-6-16(13)22-2)5-8-19(21)20-11-15-4-7-17-18(10-15)24-12-23-17/h3-4,6-7,9-10H,5,8,11-12H2,1-2H3,(H,20,21). The minimum absolute atomic E-state index is 0.0288. The van der Waals surface area contributed by atoms with Crippen molar-refractivity contribution in [3.05, 3.63) is 53.1 Å². The summed E-state index contributed by atoms with van der Waals surface area (Å²) >= 11 is 0. The maximum Gasteiger partial charge on any atom is 0.231 e. The van der Waals surface area contributed by atoms with Gasteiger partial charge < -0.3 is 19.5 Å². The Morgan fingerprint density at radius 2 is 1.92 bits per heavy atom. The Kier molecular flexibility index (Phi) is 4.89. The van der Waals surface area contributed by atoms with Gasteiger partial charge in [-0.1, -0.05) is 18.2 Å². The fourth-order valence-corrected chi connectivity index (χ4v) is 2.69. The third kappa shape index (κ3) is 3.79. The number of hydrogen-bond donors (Lipinski definition) is 1. The molecule has 1 amide bonds. The Hall–Kier alpha value is -2.69. The number of hydrogen-bond acceptors (Lipinski definition) is 4. The molecular formula is C19H21NO4. The molecule has 0 bridgehead atoms. The van der Waals surface area contributed by atoms with Crippen LogP contribution in [0.1, 0.15) is 23.1 Å². The molecule has 1 aliphatic rings. The van der Waals surface area contributed by atoms with Crippen molar-refractivity contribution >= 4 is 5.91 Å². The Labute approximate surface area is 141 Å². The lowest BCUT2D eigenvalue weighted by Crippen LogP contribution is -2.22. The summed E-state index contributed by atoms with van der Waals surface area (Å²) < 4.78 is 15.9. The van der Waals surface area contributed by atoms with Gasteiger partial charge in [-0.3, -0.25) is 4.79 Å². The van der Waals surface area contributed by atoms with Crippen molar-refractivity contribution in [2.45, 2.75) is 26.3 Å². The molecule has 0 atom stereocenters. The normalized spacial score (nSPS) is 12.1. The molecule has 1 N–H and O–H groups in total. The number of aryl methyl sites for hydroxylation is 2. The molecule has 0 saturated carbocycles. The number of fused-ring (bicyclic) bond motifs is 1. The Morgan fingerprint density at radius 1 is 1.12 bits per heavy atom. The monoisotopic (exact) mass is 327 g/mol. The van der Waals surface area contributed by atoms with Crippen molar-refractivity contribution < 1.29 is 19.0 Å². The van der Waals surface area contributed by atoms with Gasteiger partial charge in [-0.15, -0.1) is 0 Å². The predicted octanol–water partition coefficient (Wildman–Crippen LogP) is 2.98. The lowest BCUT2D eigenvalue weighted by molar-refractivity contribution is -0.121. The van der Waals surface area contributed by atoms with Gasteiger partial charge in [-0.25, -0.2) is 0 Å². The first-order valence-corrected chi connectivity index (χ1v) is 7.94. The number of carbonyl (C=O) groups excluding carboxylic acids is 1. The van der Waals surface area contributed by atoms with E-state index in [0.717, 1.165) is 33.9 Å². The van der Waals surface area contributed by atoms with E-state index in [1.807, 2.05) is 37.3 Å². The topological polar surface area (TPSA) is 56.8 Å². The van der Waals surface area contributed by atoms with Crippen molar-refractivity contribution in [1.29, 1.82) is 0 Å². The molecule has 5 heteroatoms. The van der Waals surface area contributed by atoms with E-state index in [9.17, 15) is 4.79 Å². The molecular weight excluding hydrogens is 306 g/mol. The van der Waals surface area contributed by atoms with Crippen molar-refractivity contribution in [2.24, 2.45) is 0 Å². The highest BCUT2D eigenvalue weighted by Gasteiger charge is 2.13. The van der Waals surface area contributed by atoms with Gasteiger partial charge in [-0.05, 0) is 48.2 Å². The van der Waals surface area contributed by atoms with Crippen LogP contribution in [0.2, 0.25) is 0 Å². The van der Waals surface area contributed by atoms with Crippen LogP contribution in [-0.4, -0.2) is 19.8 Å². The number of ether oxygens (including phenoxy) is 3. The molecule has 0 saturated heterocycles. The fraction of sp³-hybridized carbons (Fsp3) is 0.316. The van der Waals surface area contributed by atoms with Crippen molar-refractivity contribution in [3.63, 3.8) is 0 Å². The molecule has 2 aromatic carbocycles. The zero-order chi connectivity index (χ0) is 16.9. The van der Waals surface area contributed by atoms with E-state index in [2.05, 4.69) is 11.4 Å². The largest absolute Gasteiger partial charge is 0.496 e. The quantitative estimate of drug-likeness (QED) is 0.886. The third-order valence-electron chi connectivity index (χ3n) is 4.03. The molecule has 0 radical (unpaired) electrons. The lowest BCUT2D eigenvalue weighted by Gasteiger charge is -2.08.